The number of rotatable bonds is 0. The maximum atomic E-state index is 3.13. The molecule has 0 atom stereocenters. The molecule has 1 aromatic heterocycles. The maximum absolute atomic E-state index is 3.13. The second kappa shape index (κ2) is 4.80. The largest absolute Gasteiger partial charge is 0.344 e. The van der Waals surface area contributed by atoms with Gasteiger partial charge in [0.1, 0.15) is 0 Å². The predicted octanol–water partition coefficient (Wildman–Crippen LogP) is 4.07. The molecule has 1 nitrogen and oxygen atoms in total. The van der Waals surface area contributed by atoms with Gasteiger partial charge in [0.25, 0.3) is 0 Å². The minimum Gasteiger partial charge on any atom is -0.344 e. The Labute approximate surface area is 119 Å². The van der Waals surface area contributed by atoms with Gasteiger partial charge < -0.3 is 4.57 Å². The summed E-state index contributed by atoms with van der Waals surface area (Å²) in [6, 6.07) is 12.8. The van der Waals surface area contributed by atoms with Crippen LogP contribution in [-0.2, 0) is 7.05 Å². The molecule has 0 saturated carbocycles. The summed E-state index contributed by atoms with van der Waals surface area (Å²) in [5.74, 6) is 12.2. The van der Waals surface area contributed by atoms with Crippen molar-refractivity contribution in [2.45, 2.75) is 13.8 Å². The molecule has 3 aromatic rings. The van der Waals surface area contributed by atoms with Crippen LogP contribution in [0.4, 0.5) is 0 Å². The highest BCUT2D eigenvalue weighted by Crippen LogP contribution is 2.29. The van der Waals surface area contributed by atoms with Gasteiger partial charge in [0.05, 0.1) is 0 Å². The normalized spacial score (nSPS) is 9.95. The molecule has 0 saturated heterocycles. The monoisotopic (exact) mass is 257 g/mol. The van der Waals surface area contributed by atoms with E-state index in [2.05, 4.69) is 71.7 Å². The van der Waals surface area contributed by atoms with Crippen molar-refractivity contribution in [2.75, 3.05) is 0 Å². The molecule has 0 N–H and O–H groups in total. The van der Waals surface area contributed by atoms with Crippen molar-refractivity contribution < 1.29 is 0 Å². The van der Waals surface area contributed by atoms with E-state index in [4.69, 9.17) is 0 Å². The Balaban J connectivity index is 2.42. The van der Waals surface area contributed by atoms with E-state index in [0.29, 0.717) is 0 Å². The Morgan fingerprint density at radius 3 is 1.60 bits per heavy atom. The molecule has 0 aliphatic rings. The average molecular weight is 257 g/mol. The van der Waals surface area contributed by atoms with Crippen LogP contribution in [0.5, 0.6) is 0 Å². The zero-order valence-corrected chi connectivity index (χ0v) is 11.9. The molecule has 96 valence electrons. The first-order valence-corrected chi connectivity index (χ1v) is 6.62. The smallest absolute Gasteiger partial charge is 0.0489 e. The van der Waals surface area contributed by atoms with Crippen molar-refractivity contribution in [2.24, 2.45) is 7.05 Å². The summed E-state index contributed by atoms with van der Waals surface area (Å²) in [6.07, 6.45) is 0. The molecule has 0 aliphatic heterocycles. The van der Waals surface area contributed by atoms with Crippen LogP contribution < -0.4 is 0 Å². The van der Waals surface area contributed by atoms with Gasteiger partial charge in [-0.3, -0.25) is 0 Å². The fourth-order valence-electron chi connectivity index (χ4n) is 2.66. The second-order valence-corrected chi connectivity index (χ2v) is 4.77. The molecule has 1 heteroatoms. The van der Waals surface area contributed by atoms with Gasteiger partial charge in [-0.05, 0) is 50.2 Å². The third-order valence-electron chi connectivity index (χ3n) is 3.54. The van der Waals surface area contributed by atoms with Gasteiger partial charge in [-0.2, -0.15) is 0 Å². The summed E-state index contributed by atoms with van der Waals surface area (Å²) in [5.41, 5.74) is 4.56. The van der Waals surface area contributed by atoms with E-state index in [1.54, 1.807) is 0 Å². The average Bonchev–Trinajstić information content (AvgIpc) is 2.73. The van der Waals surface area contributed by atoms with Crippen molar-refractivity contribution in [3.8, 4) is 23.7 Å². The lowest BCUT2D eigenvalue weighted by Crippen LogP contribution is -1.86. The Hall–Kier alpha value is -2.64. The summed E-state index contributed by atoms with van der Waals surface area (Å²) in [5, 5.41) is 2.48. The molecule has 20 heavy (non-hydrogen) atoms. The van der Waals surface area contributed by atoms with Crippen molar-refractivity contribution >= 4 is 21.8 Å². The Morgan fingerprint density at radius 2 is 1.20 bits per heavy atom. The fraction of sp³-hybridized carbons (Fsp3) is 0.158. The molecule has 0 aliphatic carbocycles. The molecule has 0 spiro atoms. The van der Waals surface area contributed by atoms with E-state index in [9.17, 15) is 0 Å². The van der Waals surface area contributed by atoms with Crippen molar-refractivity contribution in [3.05, 3.63) is 47.5 Å². The van der Waals surface area contributed by atoms with E-state index in [1.807, 2.05) is 13.8 Å². The summed E-state index contributed by atoms with van der Waals surface area (Å²) >= 11 is 0. The highest BCUT2D eigenvalue weighted by atomic mass is 14.9. The third-order valence-corrected chi connectivity index (χ3v) is 3.54. The molecular formula is C19H15N. The van der Waals surface area contributed by atoms with Crippen LogP contribution in [0.3, 0.4) is 0 Å². The summed E-state index contributed by atoms with van der Waals surface area (Å²) < 4.78 is 2.22. The number of fused-ring (bicyclic) bond motifs is 3. The Morgan fingerprint density at radius 1 is 0.750 bits per heavy atom. The SMILES string of the molecule is CC#Cc1ccc2c(c1)c1cc(C#CC)ccc1n2C. The first-order valence-electron chi connectivity index (χ1n) is 6.62. The summed E-state index contributed by atoms with van der Waals surface area (Å²) in [6.45, 7) is 3.73. The second-order valence-electron chi connectivity index (χ2n) is 4.77. The molecule has 2 aromatic carbocycles. The number of nitrogens with zero attached hydrogens (tertiary/aromatic N) is 1. The zero-order valence-electron chi connectivity index (χ0n) is 11.9. The lowest BCUT2D eigenvalue weighted by Gasteiger charge is -1.97. The van der Waals surface area contributed by atoms with Crippen LogP contribution in [0.1, 0.15) is 25.0 Å². The minimum absolute atomic E-state index is 1.06. The van der Waals surface area contributed by atoms with Gasteiger partial charge in [0.15, 0.2) is 0 Å². The molecule has 0 amide bonds. The molecule has 1 heterocycles. The predicted molar refractivity (Wildman–Crippen MR) is 85.5 cm³/mol. The van der Waals surface area contributed by atoms with E-state index in [0.717, 1.165) is 11.1 Å². The number of hydrogen-bond donors (Lipinski definition) is 0. The van der Waals surface area contributed by atoms with Crippen LogP contribution in [0.15, 0.2) is 36.4 Å². The fourth-order valence-corrected chi connectivity index (χ4v) is 2.66. The lowest BCUT2D eigenvalue weighted by molar-refractivity contribution is 1.01. The van der Waals surface area contributed by atoms with Gasteiger partial charge in [-0.25, -0.2) is 0 Å². The molecule has 0 bridgehead atoms. The first-order chi connectivity index (χ1) is 9.74. The topological polar surface area (TPSA) is 4.93 Å². The molecule has 3 rings (SSSR count). The highest BCUT2D eigenvalue weighted by molar-refractivity contribution is 6.08. The van der Waals surface area contributed by atoms with Crippen LogP contribution in [0.25, 0.3) is 21.8 Å². The third kappa shape index (κ3) is 1.85. The van der Waals surface area contributed by atoms with Crippen molar-refractivity contribution in [1.82, 2.24) is 4.57 Å². The van der Waals surface area contributed by atoms with Crippen molar-refractivity contribution in [3.63, 3.8) is 0 Å². The molecule has 0 unspecified atom stereocenters. The summed E-state index contributed by atoms with van der Waals surface area (Å²) in [4.78, 5) is 0. The molecule has 0 radical (unpaired) electrons. The minimum atomic E-state index is 1.06. The zero-order chi connectivity index (χ0) is 14.1. The van der Waals surface area contributed by atoms with Crippen LogP contribution >= 0.6 is 0 Å². The lowest BCUT2D eigenvalue weighted by atomic mass is 10.1. The van der Waals surface area contributed by atoms with Gasteiger partial charge in [0.2, 0.25) is 0 Å². The standard InChI is InChI=1S/C19H15N/c1-4-6-14-8-10-18-16(12-14)17-13-15(7-5-2)9-11-19(17)20(18)3/h8-13H,1-3H3. The van der Waals surface area contributed by atoms with Crippen LogP contribution in [0, 0.1) is 23.7 Å². The number of aromatic nitrogens is 1. The number of hydrogen-bond acceptors (Lipinski definition) is 0. The Kier molecular flexibility index (Phi) is 2.97. The molecular weight excluding hydrogens is 242 g/mol. The van der Waals surface area contributed by atoms with Gasteiger partial charge in [-0.1, -0.05) is 11.8 Å². The molecule has 0 fully saturated rings. The van der Waals surface area contributed by atoms with Gasteiger partial charge >= 0.3 is 0 Å². The van der Waals surface area contributed by atoms with E-state index < -0.39 is 0 Å². The van der Waals surface area contributed by atoms with Crippen LogP contribution in [0.2, 0.25) is 0 Å². The van der Waals surface area contributed by atoms with E-state index in [-0.39, 0.29) is 0 Å². The maximum Gasteiger partial charge on any atom is 0.0489 e. The van der Waals surface area contributed by atoms with Gasteiger partial charge in [-0.15, -0.1) is 11.8 Å². The number of aryl methyl sites for hydroxylation is 1. The summed E-state index contributed by atoms with van der Waals surface area (Å²) in [7, 11) is 2.10. The number of benzene rings is 2. The highest BCUT2D eigenvalue weighted by Gasteiger charge is 2.08. The van der Waals surface area contributed by atoms with E-state index >= 15 is 0 Å². The first kappa shape index (κ1) is 12.4. The van der Waals surface area contributed by atoms with Gasteiger partial charge in [0, 0.05) is 40.0 Å². The quantitative estimate of drug-likeness (QED) is 0.535. The Bertz CT molecular complexity index is 857. The van der Waals surface area contributed by atoms with E-state index in [1.165, 1.54) is 21.8 Å². The van der Waals surface area contributed by atoms with Crippen LogP contribution in [-0.4, -0.2) is 4.57 Å². The van der Waals surface area contributed by atoms with Crippen molar-refractivity contribution in [1.29, 1.82) is 0 Å².